The monoisotopic (exact) mass is 496 g/mol. The summed E-state index contributed by atoms with van der Waals surface area (Å²) in [6.07, 6.45) is 0. The molecule has 0 aliphatic carbocycles. The van der Waals surface area contributed by atoms with Crippen LogP contribution in [-0.4, -0.2) is 58.1 Å². The second kappa shape index (κ2) is 9.91. The minimum Gasteiger partial charge on any atom is -0.422 e. The number of hydrogen-bond donors (Lipinski definition) is 0. The van der Waals surface area contributed by atoms with Crippen LogP contribution in [0.15, 0.2) is 51.8 Å². The first-order valence-electron chi connectivity index (χ1n) is 9.82. The van der Waals surface area contributed by atoms with E-state index in [9.17, 15) is 13.2 Å². The predicted octanol–water partition coefficient (Wildman–Crippen LogP) is 3.54. The molecule has 0 amide bonds. The Kier molecular flexibility index (Phi) is 7.51. The predicted molar refractivity (Wildman–Crippen MR) is 119 cm³/mol. The van der Waals surface area contributed by atoms with E-state index in [4.69, 9.17) is 9.47 Å². The van der Waals surface area contributed by atoms with Gasteiger partial charge >= 0.3 is 5.97 Å². The quantitative estimate of drug-likeness (QED) is 0.431. The maximum absolute atomic E-state index is 13.1. The number of morpholine rings is 1. The van der Waals surface area contributed by atoms with Crippen LogP contribution in [0.3, 0.4) is 0 Å². The van der Waals surface area contributed by atoms with E-state index in [2.05, 4.69) is 15.9 Å². The highest BCUT2D eigenvalue weighted by atomic mass is 79.9. The normalized spacial score (nSPS) is 14.7. The molecule has 3 rings (SSSR count). The summed E-state index contributed by atoms with van der Waals surface area (Å²) in [5, 5.41) is 0. The molecule has 162 valence electrons. The van der Waals surface area contributed by atoms with Gasteiger partial charge in [0.2, 0.25) is 10.0 Å². The van der Waals surface area contributed by atoms with Crippen molar-refractivity contribution in [2.24, 2.45) is 0 Å². The number of esters is 1. The molecule has 0 unspecified atom stereocenters. The van der Waals surface area contributed by atoms with Gasteiger partial charge in [-0.2, -0.15) is 4.31 Å². The van der Waals surface area contributed by atoms with Crippen molar-refractivity contribution in [1.82, 2.24) is 4.31 Å². The van der Waals surface area contributed by atoms with E-state index in [1.54, 1.807) is 44.2 Å². The number of para-hydroxylation sites is 1. The van der Waals surface area contributed by atoms with Gasteiger partial charge in [-0.05, 0) is 46.3 Å². The maximum atomic E-state index is 13.1. The molecule has 30 heavy (non-hydrogen) atoms. The van der Waals surface area contributed by atoms with Crippen LogP contribution in [0.1, 0.15) is 24.2 Å². The summed E-state index contributed by atoms with van der Waals surface area (Å²) in [4.78, 5) is 15.2. The topological polar surface area (TPSA) is 76.2 Å². The summed E-state index contributed by atoms with van der Waals surface area (Å²) in [5.41, 5.74) is 0.842. The summed E-state index contributed by atoms with van der Waals surface area (Å²) in [5.74, 6) is -0.243. The summed E-state index contributed by atoms with van der Waals surface area (Å²) < 4.78 is 39.0. The molecule has 0 bridgehead atoms. The van der Waals surface area contributed by atoms with Gasteiger partial charge in [0.05, 0.1) is 33.8 Å². The highest BCUT2D eigenvalue weighted by Crippen LogP contribution is 2.30. The van der Waals surface area contributed by atoms with Gasteiger partial charge < -0.3 is 14.4 Å². The number of ether oxygens (including phenoxy) is 2. The van der Waals surface area contributed by atoms with Crippen molar-refractivity contribution in [2.45, 2.75) is 18.7 Å². The fraction of sp³-hybridized carbons (Fsp3) is 0.381. The molecular formula is C21H25BrN2O5S. The number of sulfonamides is 1. The molecule has 9 heteroatoms. The van der Waals surface area contributed by atoms with E-state index in [0.29, 0.717) is 55.3 Å². The number of halogens is 1. The van der Waals surface area contributed by atoms with E-state index < -0.39 is 16.0 Å². The second-order valence-corrected chi connectivity index (χ2v) is 9.48. The zero-order chi connectivity index (χ0) is 21.7. The number of hydrogen-bond acceptors (Lipinski definition) is 6. The van der Waals surface area contributed by atoms with E-state index in [0.717, 1.165) is 0 Å². The molecule has 0 aromatic heterocycles. The van der Waals surface area contributed by atoms with Crippen molar-refractivity contribution in [3.05, 3.63) is 52.5 Å². The average molecular weight is 497 g/mol. The van der Waals surface area contributed by atoms with E-state index >= 15 is 0 Å². The fourth-order valence-electron chi connectivity index (χ4n) is 3.31. The second-order valence-electron chi connectivity index (χ2n) is 6.69. The fourth-order valence-corrected chi connectivity index (χ4v) is 5.16. The van der Waals surface area contributed by atoms with E-state index in [1.165, 1.54) is 10.4 Å². The first kappa shape index (κ1) is 22.7. The minimum absolute atomic E-state index is 0.0716. The summed E-state index contributed by atoms with van der Waals surface area (Å²) in [6, 6.07) is 11.7. The van der Waals surface area contributed by atoms with Crippen LogP contribution < -0.4 is 9.64 Å². The number of anilines is 1. The van der Waals surface area contributed by atoms with Gasteiger partial charge in [-0.25, -0.2) is 13.2 Å². The third-order valence-corrected chi connectivity index (χ3v) is 7.62. The van der Waals surface area contributed by atoms with Crippen molar-refractivity contribution >= 4 is 37.6 Å². The Hall–Kier alpha value is -1.94. The van der Waals surface area contributed by atoms with Crippen LogP contribution >= 0.6 is 15.9 Å². The van der Waals surface area contributed by atoms with Crippen molar-refractivity contribution < 1.29 is 22.7 Å². The standard InChI is InChI=1S/C21H25BrN2O5S/c1-3-24(4-2)30(26,27)16-9-10-19(23-11-13-28-14-12-23)17(15-16)21(25)29-20-8-6-5-7-18(20)22/h5-10,15H,3-4,11-14H2,1-2H3. The van der Waals surface area contributed by atoms with Crippen molar-refractivity contribution in [3.8, 4) is 5.75 Å². The van der Waals surface area contributed by atoms with Gasteiger partial charge in [0.15, 0.2) is 0 Å². The highest BCUT2D eigenvalue weighted by Gasteiger charge is 2.27. The Bertz CT molecular complexity index is 1000. The largest absolute Gasteiger partial charge is 0.422 e. The molecule has 2 aromatic rings. The van der Waals surface area contributed by atoms with Crippen LogP contribution in [0.5, 0.6) is 5.75 Å². The van der Waals surface area contributed by atoms with Gasteiger partial charge in [-0.3, -0.25) is 0 Å². The van der Waals surface area contributed by atoms with Crippen LogP contribution in [0, 0.1) is 0 Å². The Labute approximate surface area is 185 Å². The molecule has 0 atom stereocenters. The molecule has 0 radical (unpaired) electrons. The Balaban J connectivity index is 2.04. The molecule has 1 aliphatic heterocycles. The third-order valence-electron chi connectivity index (χ3n) is 4.92. The van der Waals surface area contributed by atoms with Gasteiger partial charge in [0.1, 0.15) is 5.75 Å². The molecule has 7 nitrogen and oxygen atoms in total. The molecule has 2 aromatic carbocycles. The maximum Gasteiger partial charge on any atom is 0.345 e. The Morgan fingerprint density at radius 3 is 2.43 bits per heavy atom. The SMILES string of the molecule is CCN(CC)S(=O)(=O)c1ccc(N2CCOCC2)c(C(=O)Oc2ccccc2Br)c1. The first-order chi connectivity index (χ1) is 14.4. The van der Waals surface area contributed by atoms with Gasteiger partial charge in [0.25, 0.3) is 0 Å². The van der Waals surface area contributed by atoms with Crippen LogP contribution in [0.2, 0.25) is 0 Å². The van der Waals surface area contributed by atoms with Gasteiger partial charge in [-0.1, -0.05) is 26.0 Å². The van der Waals surface area contributed by atoms with E-state index in [1.807, 2.05) is 11.0 Å². The van der Waals surface area contributed by atoms with E-state index in [-0.39, 0.29) is 10.5 Å². The lowest BCUT2D eigenvalue weighted by Gasteiger charge is -2.30. The highest BCUT2D eigenvalue weighted by molar-refractivity contribution is 9.10. The van der Waals surface area contributed by atoms with Crippen LogP contribution in [0.4, 0.5) is 5.69 Å². The lowest BCUT2D eigenvalue weighted by molar-refractivity contribution is 0.0732. The third kappa shape index (κ3) is 4.85. The summed E-state index contributed by atoms with van der Waals surface area (Å²) >= 11 is 3.37. The zero-order valence-corrected chi connectivity index (χ0v) is 19.4. The number of carbonyl (C=O) groups excluding carboxylic acids is 1. The van der Waals surface area contributed by atoms with Crippen molar-refractivity contribution in [1.29, 1.82) is 0 Å². The molecule has 1 heterocycles. The molecular weight excluding hydrogens is 472 g/mol. The Morgan fingerprint density at radius 1 is 1.13 bits per heavy atom. The smallest absolute Gasteiger partial charge is 0.345 e. The molecule has 1 fully saturated rings. The minimum atomic E-state index is -3.71. The zero-order valence-electron chi connectivity index (χ0n) is 17.0. The molecule has 0 N–H and O–H groups in total. The molecule has 1 saturated heterocycles. The summed E-state index contributed by atoms with van der Waals surface area (Å²) in [6.45, 7) is 6.56. The lowest BCUT2D eigenvalue weighted by Crippen LogP contribution is -2.37. The first-order valence-corrected chi connectivity index (χ1v) is 12.0. The van der Waals surface area contributed by atoms with Gasteiger partial charge in [0, 0.05) is 26.2 Å². The molecule has 0 spiro atoms. The Morgan fingerprint density at radius 2 is 1.80 bits per heavy atom. The molecule has 1 aliphatic rings. The van der Waals surface area contributed by atoms with Crippen LogP contribution in [0.25, 0.3) is 0 Å². The average Bonchev–Trinajstić information content (AvgIpc) is 2.76. The van der Waals surface area contributed by atoms with Gasteiger partial charge in [-0.15, -0.1) is 0 Å². The van der Waals surface area contributed by atoms with Crippen molar-refractivity contribution in [3.63, 3.8) is 0 Å². The number of rotatable bonds is 7. The number of nitrogens with zero attached hydrogens (tertiary/aromatic N) is 2. The number of benzene rings is 2. The van der Waals surface area contributed by atoms with Crippen molar-refractivity contribution in [2.75, 3.05) is 44.3 Å². The number of carbonyl (C=O) groups is 1. The summed E-state index contributed by atoms with van der Waals surface area (Å²) in [7, 11) is -3.71. The molecule has 0 saturated carbocycles. The van der Waals surface area contributed by atoms with Crippen LogP contribution in [-0.2, 0) is 14.8 Å². The lowest BCUT2D eigenvalue weighted by atomic mass is 10.1.